The van der Waals surface area contributed by atoms with Crippen LogP contribution in [0.4, 0.5) is 4.79 Å². The van der Waals surface area contributed by atoms with E-state index in [1.165, 1.54) is 12.8 Å². The fourth-order valence-corrected chi connectivity index (χ4v) is 3.02. The summed E-state index contributed by atoms with van der Waals surface area (Å²) in [5.74, 6) is 0.486. The minimum Gasteiger partial charge on any atom is -0.444 e. The molecule has 0 aromatic heterocycles. The molecule has 2 N–H and O–H groups in total. The number of carbonyl (C=O) groups is 3. The molecule has 1 unspecified atom stereocenters. The maximum absolute atomic E-state index is 12.4. The lowest BCUT2D eigenvalue weighted by Gasteiger charge is -2.35. The smallest absolute Gasteiger partial charge is 0.407 e. The van der Waals surface area contributed by atoms with Gasteiger partial charge in [-0.3, -0.25) is 9.59 Å². The van der Waals surface area contributed by atoms with Gasteiger partial charge in [-0.1, -0.05) is 6.08 Å². The van der Waals surface area contributed by atoms with E-state index in [2.05, 4.69) is 10.6 Å². The molecule has 1 saturated heterocycles. The number of hydrogen-bond donors (Lipinski definition) is 2. The van der Waals surface area contributed by atoms with E-state index in [-0.39, 0.29) is 30.8 Å². The highest BCUT2D eigenvalue weighted by Crippen LogP contribution is 2.30. The van der Waals surface area contributed by atoms with Crippen LogP contribution in [0, 0.1) is 5.92 Å². The normalized spacial score (nSPS) is 20.4. The highest BCUT2D eigenvalue weighted by molar-refractivity contribution is 5.88. The summed E-state index contributed by atoms with van der Waals surface area (Å²) in [5, 5.41) is 5.46. The van der Waals surface area contributed by atoms with Crippen molar-refractivity contribution in [1.82, 2.24) is 15.5 Å². The summed E-state index contributed by atoms with van der Waals surface area (Å²) >= 11 is 0. The van der Waals surface area contributed by atoms with Gasteiger partial charge in [-0.05, 0) is 64.9 Å². The summed E-state index contributed by atoms with van der Waals surface area (Å²) < 4.78 is 5.13. The fraction of sp³-hybridized carbons (Fsp3) is 0.750. The van der Waals surface area contributed by atoms with Crippen LogP contribution < -0.4 is 10.6 Å². The summed E-state index contributed by atoms with van der Waals surface area (Å²) in [7, 11) is 0. The minimum absolute atomic E-state index is 0.0397. The number of allylic oxidation sites excluding steroid dienone is 1. The van der Waals surface area contributed by atoms with E-state index in [1.54, 1.807) is 26.8 Å². The van der Waals surface area contributed by atoms with Crippen LogP contribution in [0.3, 0.4) is 0 Å². The molecule has 0 radical (unpaired) electrons. The van der Waals surface area contributed by atoms with Crippen molar-refractivity contribution in [3.8, 4) is 0 Å². The second-order valence-electron chi connectivity index (χ2n) is 8.36. The molecule has 7 heteroatoms. The lowest BCUT2D eigenvalue weighted by Crippen LogP contribution is -2.49. The second kappa shape index (κ2) is 9.76. The molecular weight excluding hydrogens is 346 g/mol. The first-order valence-corrected chi connectivity index (χ1v) is 9.97. The van der Waals surface area contributed by atoms with E-state index < -0.39 is 11.7 Å². The topological polar surface area (TPSA) is 87.7 Å². The third kappa shape index (κ3) is 8.45. The van der Waals surface area contributed by atoms with Crippen molar-refractivity contribution in [1.29, 1.82) is 0 Å². The van der Waals surface area contributed by atoms with Crippen molar-refractivity contribution in [3.63, 3.8) is 0 Å². The van der Waals surface area contributed by atoms with Gasteiger partial charge in [0.2, 0.25) is 11.8 Å². The Morgan fingerprint density at radius 2 is 1.85 bits per heavy atom. The lowest BCUT2D eigenvalue weighted by molar-refractivity contribution is -0.130. The van der Waals surface area contributed by atoms with Crippen LogP contribution in [0.25, 0.3) is 0 Å². The molecule has 1 aliphatic heterocycles. The molecule has 1 aliphatic carbocycles. The average Bonchev–Trinajstić information content (AvgIpc) is 3.41. The van der Waals surface area contributed by atoms with E-state index in [1.807, 2.05) is 11.0 Å². The Balaban J connectivity index is 1.69. The van der Waals surface area contributed by atoms with Crippen molar-refractivity contribution in [2.75, 3.05) is 19.6 Å². The Hall–Kier alpha value is -2.05. The number of rotatable bonds is 7. The van der Waals surface area contributed by atoms with Gasteiger partial charge in [-0.15, -0.1) is 0 Å². The summed E-state index contributed by atoms with van der Waals surface area (Å²) in [5.41, 5.74) is -0.558. The van der Waals surface area contributed by atoms with Crippen molar-refractivity contribution < 1.29 is 19.1 Å². The summed E-state index contributed by atoms with van der Waals surface area (Å²) in [4.78, 5) is 37.9. The summed E-state index contributed by atoms with van der Waals surface area (Å²) in [6.45, 7) is 6.78. The van der Waals surface area contributed by atoms with Gasteiger partial charge >= 0.3 is 6.09 Å². The van der Waals surface area contributed by atoms with Gasteiger partial charge in [0.1, 0.15) is 5.60 Å². The van der Waals surface area contributed by atoms with Crippen molar-refractivity contribution in [2.45, 2.75) is 70.9 Å². The van der Waals surface area contributed by atoms with E-state index in [4.69, 9.17) is 4.74 Å². The summed E-state index contributed by atoms with van der Waals surface area (Å²) in [6, 6.07) is 0.0397. The van der Waals surface area contributed by atoms with Gasteiger partial charge in [0.25, 0.3) is 0 Å². The van der Waals surface area contributed by atoms with Gasteiger partial charge in [-0.25, -0.2) is 4.79 Å². The average molecular weight is 380 g/mol. The van der Waals surface area contributed by atoms with Gasteiger partial charge in [0.05, 0.1) is 0 Å². The molecule has 1 saturated carbocycles. The van der Waals surface area contributed by atoms with Crippen LogP contribution in [-0.4, -0.2) is 54.1 Å². The zero-order valence-corrected chi connectivity index (χ0v) is 16.8. The number of nitrogens with zero attached hydrogens (tertiary/aromatic N) is 1. The van der Waals surface area contributed by atoms with Gasteiger partial charge in [0, 0.05) is 32.1 Å². The molecule has 7 nitrogen and oxygen atoms in total. The molecule has 2 fully saturated rings. The number of piperidine rings is 1. The molecule has 1 heterocycles. The number of likely N-dealkylation sites (tertiary alicyclic amines) is 1. The Morgan fingerprint density at radius 3 is 2.52 bits per heavy atom. The third-order valence-electron chi connectivity index (χ3n) is 4.60. The highest BCUT2D eigenvalue weighted by atomic mass is 16.6. The van der Waals surface area contributed by atoms with Crippen LogP contribution in [0.2, 0.25) is 0 Å². The van der Waals surface area contributed by atoms with Crippen LogP contribution in [0.5, 0.6) is 0 Å². The van der Waals surface area contributed by atoms with Crippen LogP contribution in [-0.2, 0) is 14.3 Å². The molecule has 2 aliphatic rings. The summed E-state index contributed by atoms with van der Waals surface area (Å²) in [6.07, 6.45) is 8.70. The van der Waals surface area contributed by atoms with Crippen molar-refractivity contribution >= 4 is 17.9 Å². The standard InChI is InChI=1S/C20H33N3O4/c1-20(2,3)27-19(26)21-12-11-17(24)22-14-16-6-4-5-13-23(16)18(25)10-9-15-7-8-15/h9-10,15-16H,4-8,11-14H2,1-3H3,(H,21,26)(H,22,24)/b10-9+. The van der Waals surface area contributed by atoms with Crippen molar-refractivity contribution in [2.24, 2.45) is 5.92 Å². The first kappa shape index (κ1) is 21.3. The van der Waals surface area contributed by atoms with Crippen LogP contribution in [0.1, 0.15) is 59.3 Å². The van der Waals surface area contributed by atoms with E-state index >= 15 is 0 Å². The number of ether oxygens (including phenoxy) is 1. The predicted molar refractivity (Wildman–Crippen MR) is 103 cm³/mol. The Morgan fingerprint density at radius 1 is 1.11 bits per heavy atom. The van der Waals surface area contributed by atoms with Gasteiger partial charge in [-0.2, -0.15) is 0 Å². The quantitative estimate of drug-likeness (QED) is 0.665. The van der Waals surface area contributed by atoms with Crippen molar-refractivity contribution in [3.05, 3.63) is 12.2 Å². The fourth-order valence-electron chi connectivity index (χ4n) is 3.02. The number of amides is 3. The maximum Gasteiger partial charge on any atom is 0.407 e. The number of nitrogens with one attached hydrogen (secondary N) is 2. The number of carbonyl (C=O) groups excluding carboxylic acids is 3. The Labute approximate surface area is 161 Å². The zero-order chi connectivity index (χ0) is 19.9. The molecular formula is C20H33N3O4. The molecule has 27 heavy (non-hydrogen) atoms. The molecule has 3 amide bonds. The largest absolute Gasteiger partial charge is 0.444 e. The van der Waals surface area contributed by atoms with E-state index in [0.29, 0.717) is 12.5 Å². The van der Waals surface area contributed by atoms with Gasteiger partial charge in [0.15, 0.2) is 0 Å². The second-order valence-corrected chi connectivity index (χ2v) is 8.36. The third-order valence-corrected chi connectivity index (χ3v) is 4.60. The zero-order valence-electron chi connectivity index (χ0n) is 16.8. The number of alkyl carbamates (subject to hydrolysis) is 1. The number of hydrogen-bond acceptors (Lipinski definition) is 4. The highest BCUT2D eigenvalue weighted by Gasteiger charge is 2.26. The first-order chi connectivity index (χ1) is 12.7. The molecule has 152 valence electrons. The van der Waals surface area contributed by atoms with E-state index in [9.17, 15) is 14.4 Å². The monoisotopic (exact) mass is 379 g/mol. The SMILES string of the molecule is CC(C)(C)OC(=O)NCCC(=O)NCC1CCCCN1C(=O)/C=C/C1CC1. The Bertz CT molecular complexity index is 564. The van der Waals surface area contributed by atoms with E-state index in [0.717, 1.165) is 25.8 Å². The molecule has 0 bridgehead atoms. The molecule has 2 rings (SSSR count). The lowest BCUT2D eigenvalue weighted by atomic mass is 10.0. The maximum atomic E-state index is 12.4. The molecule has 0 aromatic rings. The van der Waals surface area contributed by atoms with Crippen LogP contribution >= 0.6 is 0 Å². The van der Waals surface area contributed by atoms with Crippen LogP contribution in [0.15, 0.2) is 12.2 Å². The molecule has 0 spiro atoms. The van der Waals surface area contributed by atoms with Gasteiger partial charge < -0.3 is 20.3 Å². The first-order valence-electron chi connectivity index (χ1n) is 9.97. The molecule has 1 atom stereocenters. The Kier molecular flexibility index (Phi) is 7.68. The minimum atomic E-state index is -0.558. The predicted octanol–water partition coefficient (Wildman–Crippen LogP) is 2.36. The molecule has 0 aromatic carbocycles.